The second kappa shape index (κ2) is 10.2. The van der Waals surface area contributed by atoms with E-state index in [0.717, 1.165) is 21.2 Å². The Morgan fingerprint density at radius 3 is 2.59 bits per heavy atom. The Labute approximate surface area is 205 Å². The largest absolute Gasteiger partial charge is 0.485 e. The number of hydrogen-bond donors (Lipinski definition) is 1. The minimum atomic E-state index is -0.363. The number of nitrogens with zero attached hydrogens (tertiary/aromatic N) is 3. The van der Waals surface area contributed by atoms with Crippen LogP contribution >= 0.6 is 23.5 Å². The Hall–Kier alpha value is -3.43. The Bertz CT molecular complexity index is 1300. The topological polar surface area (TPSA) is 78.3 Å². The van der Waals surface area contributed by atoms with Gasteiger partial charge < -0.3 is 19.4 Å². The van der Waals surface area contributed by atoms with E-state index in [9.17, 15) is 4.79 Å². The van der Waals surface area contributed by atoms with Gasteiger partial charge in [-0.25, -0.2) is 0 Å². The van der Waals surface area contributed by atoms with Crippen molar-refractivity contribution < 1.29 is 14.3 Å². The summed E-state index contributed by atoms with van der Waals surface area (Å²) in [6.45, 7) is 0.351. The average molecular weight is 491 g/mol. The maximum atomic E-state index is 12.7. The van der Waals surface area contributed by atoms with Crippen molar-refractivity contribution in [3.05, 3.63) is 84.7 Å². The summed E-state index contributed by atoms with van der Waals surface area (Å²) in [4.78, 5) is 14.8. The second-order valence-electron chi connectivity index (χ2n) is 7.51. The molecule has 9 heteroatoms. The molecule has 34 heavy (non-hydrogen) atoms. The number of fused-ring (bicyclic) bond motifs is 1. The summed E-state index contributed by atoms with van der Waals surface area (Å²) in [5.41, 5.74) is 0.784. The molecule has 0 aliphatic carbocycles. The smallest absolute Gasteiger partial charge is 0.234 e. The number of carbonyl (C=O) groups excluding carboxylic acids is 1. The lowest BCUT2D eigenvalue weighted by atomic mass is 10.2. The predicted molar refractivity (Wildman–Crippen MR) is 133 cm³/mol. The van der Waals surface area contributed by atoms with Crippen molar-refractivity contribution in [2.75, 3.05) is 17.7 Å². The van der Waals surface area contributed by atoms with Crippen LogP contribution in [-0.2, 0) is 11.8 Å². The number of ether oxygens (including phenoxy) is 2. The fraction of sp³-hybridized carbons (Fsp3) is 0.160. The van der Waals surface area contributed by atoms with E-state index in [-0.39, 0.29) is 17.8 Å². The van der Waals surface area contributed by atoms with Gasteiger partial charge >= 0.3 is 0 Å². The lowest BCUT2D eigenvalue weighted by Gasteiger charge is -2.25. The molecular formula is C25H22N4O3S2. The third-order valence-electron chi connectivity index (χ3n) is 5.13. The highest BCUT2D eigenvalue weighted by Gasteiger charge is 2.27. The van der Waals surface area contributed by atoms with Gasteiger partial charge in [0.1, 0.15) is 6.61 Å². The number of thioether (sulfide) groups is 1. The van der Waals surface area contributed by atoms with E-state index in [0.29, 0.717) is 23.3 Å². The zero-order chi connectivity index (χ0) is 23.3. The maximum Gasteiger partial charge on any atom is 0.234 e. The van der Waals surface area contributed by atoms with Crippen molar-refractivity contribution in [2.24, 2.45) is 7.05 Å². The SMILES string of the molecule is Cn1c(SCC(=O)Nc2ccccc2Sc2ccccc2)nnc1C1COc2ccccc2O1. The minimum absolute atomic E-state index is 0.109. The zero-order valence-electron chi connectivity index (χ0n) is 18.4. The summed E-state index contributed by atoms with van der Waals surface area (Å²) in [5.74, 6) is 2.16. The van der Waals surface area contributed by atoms with Crippen LogP contribution < -0.4 is 14.8 Å². The van der Waals surface area contributed by atoms with Gasteiger partial charge in [0, 0.05) is 16.8 Å². The number of anilines is 1. The molecule has 1 unspecified atom stereocenters. The first-order valence-electron chi connectivity index (χ1n) is 10.7. The molecule has 1 aromatic heterocycles. The Balaban J connectivity index is 1.21. The van der Waals surface area contributed by atoms with Crippen LogP contribution in [0.2, 0.25) is 0 Å². The van der Waals surface area contributed by atoms with Crippen molar-refractivity contribution in [1.29, 1.82) is 0 Å². The lowest BCUT2D eigenvalue weighted by Crippen LogP contribution is -2.24. The molecular weight excluding hydrogens is 468 g/mol. The average Bonchev–Trinajstić information content (AvgIpc) is 3.24. The van der Waals surface area contributed by atoms with Crippen LogP contribution in [0.5, 0.6) is 11.5 Å². The van der Waals surface area contributed by atoms with Crippen LogP contribution in [0.1, 0.15) is 11.9 Å². The molecule has 0 radical (unpaired) electrons. The van der Waals surface area contributed by atoms with E-state index in [1.54, 1.807) is 11.8 Å². The first-order chi connectivity index (χ1) is 16.7. The molecule has 0 spiro atoms. The van der Waals surface area contributed by atoms with Crippen molar-refractivity contribution in [1.82, 2.24) is 14.8 Å². The Kier molecular flexibility index (Phi) is 6.73. The molecule has 1 aliphatic rings. The van der Waals surface area contributed by atoms with E-state index in [2.05, 4.69) is 15.5 Å². The Morgan fingerprint density at radius 1 is 1.00 bits per heavy atom. The standard InChI is InChI=1S/C25H22N4O3S2/c1-29-24(21-15-31-19-12-6-7-13-20(19)32-21)27-28-25(29)33-16-23(30)26-18-11-5-8-14-22(18)34-17-9-3-2-4-10-17/h2-14,21H,15-16H2,1H3,(H,26,30). The summed E-state index contributed by atoms with van der Waals surface area (Å²) in [5, 5.41) is 12.2. The number of para-hydroxylation sites is 3. The Morgan fingerprint density at radius 2 is 1.74 bits per heavy atom. The molecule has 1 amide bonds. The van der Waals surface area contributed by atoms with E-state index < -0.39 is 0 Å². The van der Waals surface area contributed by atoms with Crippen LogP contribution in [-0.4, -0.2) is 33.0 Å². The summed E-state index contributed by atoms with van der Waals surface area (Å²) >= 11 is 2.94. The molecule has 1 atom stereocenters. The third kappa shape index (κ3) is 5.05. The predicted octanol–water partition coefficient (Wildman–Crippen LogP) is 5.21. The highest BCUT2D eigenvalue weighted by Crippen LogP contribution is 2.36. The number of rotatable bonds is 7. The van der Waals surface area contributed by atoms with Crippen LogP contribution in [0.3, 0.4) is 0 Å². The van der Waals surface area contributed by atoms with Crippen molar-refractivity contribution >= 4 is 35.1 Å². The molecule has 4 aromatic rings. The molecule has 172 valence electrons. The summed E-state index contributed by atoms with van der Waals surface area (Å²) in [7, 11) is 1.87. The first-order valence-corrected chi connectivity index (χ1v) is 12.5. The highest BCUT2D eigenvalue weighted by molar-refractivity contribution is 8.00. The van der Waals surface area contributed by atoms with Gasteiger partial charge in [0.2, 0.25) is 5.91 Å². The van der Waals surface area contributed by atoms with Gasteiger partial charge in [-0.1, -0.05) is 66.0 Å². The fourth-order valence-corrected chi connectivity index (χ4v) is 5.11. The molecule has 3 aromatic carbocycles. The number of amides is 1. The van der Waals surface area contributed by atoms with Gasteiger partial charge in [-0.05, 0) is 36.4 Å². The van der Waals surface area contributed by atoms with Gasteiger partial charge in [0.15, 0.2) is 28.6 Å². The normalized spacial score (nSPS) is 14.6. The first kappa shape index (κ1) is 22.4. The summed E-state index contributed by atoms with van der Waals surface area (Å²) in [6.07, 6.45) is -0.363. The molecule has 5 rings (SSSR count). The van der Waals surface area contributed by atoms with Gasteiger partial charge in [0.25, 0.3) is 0 Å². The number of benzene rings is 3. The van der Waals surface area contributed by atoms with Crippen LogP contribution in [0.4, 0.5) is 5.69 Å². The van der Waals surface area contributed by atoms with Crippen molar-refractivity contribution in [2.45, 2.75) is 21.1 Å². The highest BCUT2D eigenvalue weighted by atomic mass is 32.2. The monoisotopic (exact) mass is 490 g/mol. The number of aromatic nitrogens is 3. The molecule has 0 bridgehead atoms. The minimum Gasteiger partial charge on any atom is -0.485 e. The summed E-state index contributed by atoms with van der Waals surface area (Å²) < 4.78 is 13.7. The number of hydrogen-bond acceptors (Lipinski definition) is 7. The van der Waals surface area contributed by atoms with Crippen molar-refractivity contribution in [3.8, 4) is 11.5 Å². The van der Waals surface area contributed by atoms with E-state index in [1.165, 1.54) is 11.8 Å². The lowest BCUT2D eigenvalue weighted by molar-refractivity contribution is -0.113. The summed E-state index contributed by atoms with van der Waals surface area (Å²) in [6, 6.07) is 25.4. The number of carbonyl (C=O) groups is 1. The zero-order valence-corrected chi connectivity index (χ0v) is 20.0. The van der Waals surface area contributed by atoms with Gasteiger partial charge in [-0.15, -0.1) is 10.2 Å². The van der Waals surface area contributed by atoms with E-state index in [1.807, 2.05) is 90.5 Å². The van der Waals surface area contributed by atoms with Crippen LogP contribution in [0, 0.1) is 0 Å². The molecule has 0 fully saturated rings. The molecule has 0 saturated carbocycles. The van der Waals surface area contributed by atoms with Crippen LogP contribution in [0.15, 0.2) is 93.8 Å². The van der Waals surface area contributed by atoms with Crippen molar-refractivity contribution in [3.63, 3.8) is 0 Å². The molecule has 2 heterocycles. The molecule has 0 saturated heterocycles. The second-order valence-corrected chi connectivity index (χ2v) is 9.57. The quantitative estimate of drug-likeness (QED) is 0.356. The van der Waals surface area contributed by atoms with E-state index in [4.69, 9.17) is 9.47 Å². The van der Waals surface area contributed by atoms with Gasteiger partial charge in [-0.3, -0.25) is 4.79 Å². The molecule has 1 aliphatic heterocycles. The van der Waals surface area contributed by atoms with Gasteiger partial charge in [-0.2, -0.15) is 0 Å². The number of nitrogens with one attached hydrogen (secondary N) is 1. The van der Waals surface area contributed by atoms with Gasteiger partial charge in [0.05, 0.1) is 11.4 Å². The molecule has 7 nitrogen and oxygen atoms in total. The fourth-order valence-electron chi connectivity index (χ4n) is 3.47. The maximum absolute atomic E-state index is 12.7. The third-order valence-corrected chi connectivity index (χ3v) is 7.23. The molecule has 1 N–H and O–H groups in total. The van der Waals surface area contributed by atoms with E-state index >= 15 is 0 Å². The van der Waals surface area contributed by atoms with Crippen LogP contribution in [0.25, 0.3) is 0 Å².